The van der Waals surface area contributed by atoms with E-state index in [4.69, 9.17) is 0 Å². The van der Waals surface area contributed by atoms with Crippen molar-refractivity contribution in [2.45, 2.75) is 39.2 Å². The molecule has 0 spiro atoms. The standard InChI is InChI=1S/C12H24N2O2/c1-4-12(5-2,9-15)8-14-7-6-10(13-3)11(14)16/h10,13,15H,4-9H2,1-3H3. The average molecular weight is 228 g/mol. The van der Waals surface area contributed by atoms with Crippen LogP contribution in [0.4, 0.5) is 0 Å². The Morgan fingerprint density at radius 2 is 2.12 bits per heavy atom. The summed E-state index contributed by atoms with van der Waals surface area (Å²) < 4.78 is 0. The average Bonchev–Trinajstić information content (AvgIpc) is 2.67. The van der Waals surface area contributed by atoms with Crippen LogP contribution in [0.2, 0.25) is 0 Å². The molecular weight excluding hydrogens is 204 g/mol. The van der Waals surface area contributed by atoms with Gasteiger partial charge in [0.2, 0.25) is 5.91 Å². The van der Waals surface area contributed by atoms with Gasteiger partial charge in [0.05, 0.1) is 12.6 Å². The molecule has 0 bridgehead atoms. The third-order valence-corrected chi connectivity index (χ3v) is 4.01. The van der Waals surface area contributed by atoms with Gasteiger partial charge < -0.3 is 15.3 Å². The predicted molar refractivity (Wildman–Crippen MR) is 64.1 cm³/mol. The first-order valence-electron chi connectivity index (χ1n) is 6.19. The van der Waals surface area contributed by atoms with E-state index >= 15 is 0 Å². The van der Waals surface area contributed by atoms with Gasteiger partial charge in [-0.2, -0.15) is 0 Å². The normalized spacial score (nSPS) is 21.9. The summed E-state index contributed by atoms with van der Waals surface area (Å²) in [6, 6.07) is -0.0231. The Bertz CT molecular complexity index is 231. The summed E-state index contributed by atoms with van der Waals surface area (Å²) in [5, 5.41) is 12.5. The van der Waals surface area contributed by atoms with Crippen LogP contribution in [-0.4, -0.2) is 48.7 Å². The zero-order chi connectivity index (χ0) is 12.2. The van der Waals surface area contributed by atoms with Crippen molar-refractivity contribution in [3.05, 3.63) is 0 Å². The molecule has 1 unspecified atom stereocenters. The maximum Gasteiger partial charge on any atom is 0.239 e. The number of nitrogens with zero attached hydrogens (tertiary/aromatic N) is 1. The number of carbonyl (C=O) groups is 1. The molecule has 16 heavy (non-hydrogen) atoms. The Labute approximate surface area is 98.0 Å². The minimum Gasteiger partial charge on any atom is -0.396 e. The largest absolute Gasteiger partial charge is 0.396 e. The van der Waals surface area contributed by atoms with Gasteiger partial charge in [0.15, 0.2) is 0 Å². The number of hydrogen-bond donors (Lipinski definition) is 2. The van der Waals surface area contributed by atoms with Crippen LogP contribution in [0.1, 0.15) is 33.1 Å². The molecule has 2 N–H and O–H groups in total. The van der Waals surface area contributed by atoms with Crippen molar-refractivity contribution in [3.8, 4) is 0 Å². The van der Waals surface area contributed by atoms with E-state index < -0.39 is 0 Å². The Morgan fingerprint density at radius 3 is 2.50 bits per heavy atom. The molecule has 1 aliphatic heterocycles. The van der Waals surface area contributed by atoms with E-state index in [9.17, 15) is 9.90 Å². The van der Waals surface area contributed by atoms with Crippen LogP contribution in [0, 0.1) is 5.41 Å². The zero-order valence-corrected chi connectivity index (χ0v) is 10.6. The summed E-state index contributed by atoms with van der Waals surface area (Å²) in [6.07, 6.45) is 2.70. The van der Waals surface area contributed by atoms with E-state index in [2.05, 4.69) is 19.2 Å². The van der Waals surface area contributed by atoms with Crippen LogP contribution in [0.3, 0.4) is 0 Å². The molecule has 0 aromatic rings. The van der Waals surface area contributed by atoms with Gasteiger partial charge >= 0.3 is 0 Å². The number of nitrogens with one attached hydrogen (secondary N) is 1. The van der Waals surface area contributed by atoms with Crippen LogP contribution in [-0.2, 0) is 4.79 Å². The molecule has 1 fully saturated rings. The predicted octanol–water partition coefficient (Wildman–Crippen LogP) is 0.605. The fraction of sp³-hybridized carbons (Fsp3) is 0.917. The Kier molecular flexibility index (Phi) is 4.74. The van der Waals surface area contributed by atoms with E-state index in [1.165, 1.54) is 0 Å². The minimum absolute atomic E-state index is 0.0231. The zero-order valence-electron chi connectivity index (χ0n) is 10.6. The fourth-order valence-corrected chi connectivity index (χ4v) is 2.32. The SMILES string of the molecule is CCC(CC)(CO)CN1CCC(NC)C1=O. The number of likely N-dealkylation sites (N-methyl/N-ethyl adjacent to an activating group) is 1. The topological polar surface area (TPSA) is 52.6 Å². The first kappa shape index (κ1) is 13.5. The molecule has 0 aromatic heterocycles. The third kappa shape index (κ3) is 2.55. The molecule has 1 aliphatic rings. The first-order chi connectivity index (χ1) is 7.62. The highest BCUT2D eigenvalue weighted by Crippen LogP contribution is 2.28. The van der Waals surface area contributed by atoms with Crippen molar-refractivity contribution in [2.24, 2.45) is 5.41 Å². The molecule has 0 radical (unpaired) electrons. The van der Waals surface area contributed by atoms with E-state index in [-0.39, 0.29) is 24.0 Å². The summed E-state index contributed by atoms with van der Waals surface area (Å²) in [5.74, 6) is 0.183. The molecule has 1 saturated heterocycles. The molecule has 1 heterocycles. The van der Waals surface area contributed by atoms with Gasteiger partial charge in [-0.1, -0.05) is 13.8 Å². The quantitative estimate of drug-likeness (QED) is 0.700. The lowest BCUT2D eigenvalue weighted by Crippen LogP contribution is -2.43. The number of likely N-dealkylation sites (tertiary alicyclic amines) is 1. The molecule has 1 atom stereocenters. The van der Waals surface area contributed by atoms with Crippen molar-refractivity contribution in [1.82, 2.24) is 10.2 Å². The third-order valence-electron chi connectivity index (χ3n) is 4.01. The second kappa shape index (κ2) is 5.64. The number of rotatable bonds is 6. The highest BCUT2D eigenvalue weighted by molar-refractivity contribution is 5.83. The highest BCUT2D eigenvalue weighted by Gasteiger charge is 2.36. The second-order valence-electron chi connectivity index (χ2n) is 4.75. The maximum absolute atomic E-state index is 11.9. The first-order valence-corrected chi connectivity index (χ1v) is 6.19. The fourth-order valence-electron chi connectivity index (χ4n) is 2.32. The van der Waals surface area contributed by atoms with Crippen molar-refractivity contribution >= 4 is 5.91 Å². The molecule has 4 nitrogen and oxygen atoms in total. The van der Waals surface area contributed by atoms with E-state index in [0.29, 0.717) is 6.54 Å². The van der Waals surface area contributed by atoms with Gasteiger partial charge in [-0.3, -0.25) is 4.79 Å². The number of hydrogen-bond acceptors (Lipinski definition) is 3. The summed E-state index contributed by atoms with van der Waals surface area (Å²) >= 11 is 0. The Balaban J connectivity index is 2.63. The Hall–Kier alpha value is -0.610. The molecule has 0 aliphatic carbocycles. The smallest absolute Gasteiger partial charge is 0.239 e. The minimum atomic E-state index is -0.113. The second-order valence-corrected chi connectivity index (χ2v) is 4.75. The van der Waals surface area contributed by atoms with Gasteiger partial charge in [0, 0.05) is 18.5 Å². The molecule has 1 rings (SSSR count). The lowest BCUT2D eigenvalue weighted by atomic mass is 9.83. The summed E-state index contributed by atoms with van der Waals surface area (Å²) in [6.45, 7) is 5.82. The van der Waals surface area contributed by atoms with Crippen molar-refractivity contribution in [2.75, 3.05) is 26.7 Å². The number of aliphatic hydroxyl groups excluding tert-OH is 1. The highest BCUT2D eigenvalue weighted by atomic mass is 16.3. The number of carbonyl (C=O) groups excluding carboxylic acids is 1. The number of aliphatic hydroxyl groups is 1. The lowest BCUT2D eigenvalue weighted by molar-refractivity contribution is -0.131. The van der Waals surface area contributed by atoms with Crippen LogP contribution in [0.15, 0.2) is 0 Å². The summed E-state index contributed by atoms with van der Waals surface area (Å²) in [7, 11) is 1.82. The molecular formula is C12H24N2O2. The van der Waals surface area contributed by atoms with Crippen LogP contribution < -0.4 is 5.32 Å². The maximum atomic E-state index is 11.9. The van der Waals surface area contributed by atoms with Crippen LogP contribution in [0.5, 0.6) is 0 Å². The molecule has 0 saturated carbocycles. The molecule has 94 valence electrons. The van der Waals surface area contributed by atoms with E-state index in [1.54, 1.807) is 0 Å². The van der Waals surface area contributed by atoms with Gasteiger partial charge in [-0.05, 0) is 26.3 Å². The monoisotopic (exact) mass is 228 g/mol. The molecule has 1 amide bonds. The van der Waals surface area contributed by atoms with Gasteiger partial charge in [0.25, 0.3) is 0 Å². The van der Waals surface area contributed by atoms with Crippen LogP contribution in [0.25, 0.3) is 0 Å². The van der Waals surface area contributed by atoms with Gasteiger partial charge in [-0.25, -0.2) is 0 Å². The molecule has 4 heteroatoms. The molecule has 0 aromatic carbocycles. The van der Waals surface area contributed by atoms with Crippen molar-refractivity contribution in [1.29, 1.82) is 0 Å². The van der Waals surface area contributed by atoms with Gasteiger partial charge in [-0.15, -0.1) is 0 Å². The van der Waals surface area contributed by atoms with Crippen molar-refractivity contribution in [3.63, 3.8) is 0 Å². The number of amides is 1. The summed E-state index contributed by atoms with van der Waals surface area (Å²) in [4.78, 5) is 13.8. The van der Waals surface area contributed by atoms with E-state index in [0.717, 1.165) is 25.8 Å². The van der Waals surface area contributed by atoms with Crippen molar-refractivity contribution < 1.29 is 9.90 Å². The van der Waals surface area contributed by atoms with E-state index in [1.807, 2.05) is 11.9 Å². The van der Waals surface area contributed by atoms with Crippen LogP contribution >= 0.6 is 0 Å². The lowest BCUT2D eigenvalue weighted by Gasteiger charge is -2.34. The summed E-state index contributed by atoms with van der Waals surface area (Å²) in [5.41, 5.74) is -0.113. The Morgan fingerprint density at radius 1 is 1.50 bits per heavy atom. The van der Waals surface area contributed by atoms with Gasteiger partial charge in [0.1, 0.15) is 0 Å².